The Labute approximate surface area is 128 Å². The van der Waals surface area contributed by atoms with Crippen molar-refractivity contribution in [2.45, 2.75) is 64.5 Å². The molecular weight excluding hydrogens is 270 g/mol. The normalized spacial score (nSPS) is 14.0. The molecule has 2 unspecified atom stereocenters. The molecular formula is C17H28ClNO. The summed E-state index contributed by atoms with van der Waals surface area (Å²) in [6.07, 6.45) is 7.86. The summed E-state index contributed by atoms with van der Waals surface area (Å²) in [5, 5.41) is 4.09. The molecule has 1 aromatic rings. The molecule has 2 nitrogen and oxygen atoms in total. The van der Waals surface area contributed by atoms with Crippen molar-refractivity contribution in [1.29, 1.82) is 0 Å². The lowest BCUT2D eigenvalue weighted by atomic mass is 10.0. The van der Waals surface area contributed by atoms with E-state index in [0.717, 1.165) is 17.2 Å². The fraction of sp³-hybridized carbons (Fsp3) is 0.647. The Morgan fingerprint density at radius 3 is 2.60 bits per heavy atom. The first-order chi connectivity index (χ1) is 9.67. The smallest absolute Gasteiger partial charge is 0.121 e. The van der Waals surface area contributed by atoms with E-state index >= 15 is 0 Å². The van der Waals surface area contributed by atoms with Crippen LogP contribution in [0.25, 0.3) is 0 Å². The molecule has 1 rings (SSSR count). The maximum atomic E-state index is 5.98. The number of likely N-dealkylation sites (N-methyl/N-ethyl adjacent to an activating group) is 1. The van der Waals surface area contributed by atoms with Crippen molar-refractivity contribution >= 4 is 11.6 Å². The molecule has 0 radical (unpaired) electrons. The highest BCUT2D eigenvalue weighted by Gasteiger charge is 2.16. The van der Waals surface area contributed by atoms with Gasteiger partial charge in [0.05, 0.1) is 0 Å². The number of nitrogens with one attached hydrogen (secondary N) is 1. The number of benzene rings is 1. The van der Waals surface area contributed by atoms with Crippen LogP contribution in [-0.2, 0) is 0 Å². The van der Waals surface area contributed by atoms with E-state index in [-0.39, 0.29) is 6.10 Å². The Hall–Kier alpha value is -0.730. The molecule has 0 bridgehead atoms. The Morgan fingerprint density at radius 2 is 1.95 bits per heavy atom. The van der Waals surface area contributed by atoms with Gasteiger partial charge in [-0.3, -0.25) is 0 Å². The number of hydrogen-bond donors (Lipinski definition) is 1. The van der Waals surface area contributed by atoms with Crippen molar-refractivity contribution < 1.29 is 4.74 Å². The van der Waals surface area contributed by atoms with Crippen molar-refractivity contribution in [2.24, 2.45) is 0 Å². The number of ether oxygens (including phenoxy) is 1. The van der Waals surface area contributed by atoms with E-state index in [9.17, 15) is 0 Å². The molecule has 114 valence electrons. The highest BCUT2D eigenvalue weighted by molar-refractivity contribution is 6.30. The van der Waals surface area contributed by atoms with Crippen LogP contribution in [0.15, 0.2) is 24.3 Å². The average molecular weight is 298 g/mol. The van der Waals surface area contributed by atoms with Gasteiger partial charge in [0.2, 0.25) is 0 Å². The predicted octanol–water partition coefficient (Wildman–Crippen LogP) is 5.06. The van der Waals surface area contributed by atoms with E-state index < -0.39 is 0 Å². The van der Waals surface area contributed by atoms with E-state index in [1.54, 1.807) is 0 Å². The summed E-state index contributed by atoms with van der Waals surface area (Å²) < 4.78 is 5.98. The topological polar surface area (TPSA) is 21.3 Å². The maximum absolute atomic E-state index is 5.98. The average Bonchev–Trinajstić information content (AvgIpc) is 2.42. The first kappa shape index (κ1) is 17.3. The summed E-state index contributed by atoms with van der Waals surface area (Å²) >= 11 is 5.98. The molecule has 1 N–H and O–H groups in total. The van der Waals surface area contributed by atoms with Crippen molar-refractivity contribution in [2.75, 3.05) is 7.05 Å². The molecule has 0 aliphatic carbocycles. The third-order valence-corrected chi connectivity index (χ3v) is 3.91. The molecule has 0 fully saturated rings. The Bertz CT molecular complexity index is 370. The minimum Gasteiger partial charge on any atom is -0.489 e. The zero-order valence-electron chi connectivity index (χ0n) is 13.0. The van der Waals surface area contributed by atoms with E-state index in [4.69, 9.17) is 16.3 Å². The molecule has 20 heavy (non-hydrogen) atoms. The van der Waals surface area contributed by atoms with Gasteiger partial charge in [0, 0.05) is 11.1 Å². The monoisotopic (exact) mass is 297 g/mol. The van der Waals surface area contributed by atoms with Crippen LogP contribution in [0.5, 0.6) is 5.75 Å². The summed E-state index contributed by atoms with van der Waals surface area (Å²) in [6.45, 7) is 4.37. The third-order valence-electron chi connectivity index (χ3n) is 3.67. The van der Waals surface area contributed by atoms with Gasteiger partial charge in [0.25, 0.3) is 0 Å². The quantitative estimate of drug-likeness (QED) is 0.610. The minimum atomic E-state index is 0.143. The van der Waals surface area contributed by atoms with Crippen LogP contribution in [0.4, 0.5) is 0 Å². The maximum Gasteiger partial charge on any atom is 0.121 e. The molecule has 0 aromatic heterocycles. The Kier molecular flexibility index (Phi) is 8.72. The molecule has 0 saturated carbocycles. The van der Waals surface area contributed by atoms with E-state index in [1.807, 2.05) is 31.3 Å². The molecule has 0 aliphatic heterocycles. The van der Waals surface area contributed by atoms with Gasteiger partial charge in [0.15, 0.2) is 0 Å². The molecule has 0 spiro atoms. The molecule has 3 heteroatoms. The van der Waals surface area contributed by atoms with Crippen molar-refractivity contribution in [1.82, 2.24) is 5.32 Å². The van der Waals surface area contributed by atoms with Crippen LogP contribution in [0.3, 0.4) is 0 Å². The van der Waals surface area contributed by atoms with Crippen molar-refractivity contribution in [3.63, 3.8) is 0 Å². The molecule has 0 aliphatic rings. The summed E-state index contributed by atoms with van der Waals surface area (Å²) in [5.41, 5.74) is 0. The molecule has 1 aromatic carbocycles. The molecule has 0 heterocycles. The van der Waals surface area contributed by atoms with E-state index in [2.05, 4.69) is 19.2 Å². The van der Waals surface area contributed by atoms with Gasteiger partial charge >= 0.3 is 0 Å². The number of unbranched alkanes of at least 4 members (excludes halogenated alkanes) is 4. The predicted molar refractivity (Wildman–Crippen MR) is 87.8 cm³/mol. The van der Waals surface area contributed by atoms with Crippen LogP contribution in [-0.4, -0.2) is 19.2 Å². The molecule has 2 atom stereocenters. The fourth-order valence-corrected chi connectivity index (χ4v) is 2.60. The van der Waals surface area contributed by atoms with E-state index in [0.29, 0.717) is 6.04 Å². The lowest BCUT2D eigenvalue weighted by Crippen LogP contribution is -2.39. The largest absolute Gasteiger partial charge is 0.489 e. The SMILES string of the molecule is CCCCCCCC(NC)C(C)Oc1cccc(Cl)c1. The van der Waals surface area contributed by atoms with Gasteiger partial charge < -0.3 is 10.1 Å². The summed E-state index contributed by atoms with van der Waals surface area (Å²) in [4.78, 5) is 0. The lowest BCUT2D eigenvalue weighted by molar-refractivity contribution is 0.167. The van der Waals surface area contributed by atoms with Crippen LogP contribution in [0.1, 0.15) is 52.4 Å². The molecule has 0 amide bonds. The zero-order valence-corrected chi connectivity index (χ0v) is 13.7. The summed E-state index contributed by atoms with van der Waals surface area (Å²) in [5.74, 6) is 0.844. The van der Waals surface area contributed by atoms with Crippen molar-refractivity contribution in [3.05, 3.63) is 29.3 Å². The van der Waals surface area contributed by atoms with Crippen LogP contribution in [0, 0.1) is 0 Å². The van der Waals surface area contributed by atoms with Gasteiger partial charge in [-0.15, -0.1) is 0 Å². The first-order valence-electron chi connectivity index (χ1n) is 7.76. The second-order valence-electron chi connectivity index (χ2n) is 5.38. The second kappa shape index (κ2) is 10.1. The highest BCUT2D eigenvalue weighted by atomic mass is 35.5. The van der Waals surface area contributed by atoms with Gasteiger partial charge in [0.1, 0.15) is 11.9 Å². The number of rotatable bonds is 10. The minimum absolute atomic E-state index is 0.143. The number of halogens is 1. The second-order valence-corrected chi connectivity index (χ2v) is 5.81. The molecule has 0 saturated heterocycles. The lowest BCUT2D eigenvalue weighted by Gasteiger charge is -2.24. The first-order valence-corrected chi connectivity index (χ1v) is 8.14. The zero-order chi connectivity index (χ0) is 14.8. The van der Waals surface area contributed by atoms with Crippen LogP contribution >= 0.6 is 11.6 Å². The standard InChI is InChI=1S/C17H28ClNO/c1-4-5-6-7-8-12-17(19-3)14(2)20-16-11-9-10-15(18)13-16/h9-11,13-14,17,19H,4-8,12H2,1-3H3. The Morgan fingerprint density at radius 1 is 1.20 bits per heavy atom. The number of hydrogen-bond acceptors (Lipinski definition) is 2. The van der Waals surface area contributed by atoms with Crippen molar-refractivity contribution in [3.8, 4) is 5.75 Å². The van der Waals surface area contributed by atoms with Crippen LogP contribution < -0.4 is 10.1 Å². The van der Waals surface area contributed by atoms with Gasteiger partial charge in [-0.2, -0.15) is 0 Å². The fourth-order valence-electron chi connectivity index (χ4n) is 2.42. The van der Waals surface area contributed by atoms with Gasteiger partial charge in [-0.05, 0) is 38.6 Å². The summed E-state index contributed by atoms with van der Waals surface area (Å²) in [6, 6.07) is 7.99. The Balaban J connectivity index is 2.36. The van der Waals surface area contributed by atoms with E-state index in [1.165, 1.54) is 32.1 Å². The van der Waals surface area contributed by atoms with Gasteiger partial charge in [-0.25, -0.2) is 0 Å². The van der Waals surface area contributed by atoms with Crippen LogP contribution in [0.2, 0.25) is 5.02 Å². The third kappa shape index (κ3) is 6.62. The highest BCUT2D eigenvalue weighted by Crippen LogP contribution is 2.20. The summed E-state index contributed by atoms with van der Waals surface area (Å²) in [7, 11) is 2.01. The van der Waals surface area contributed by atoms with Gasteiger partial charge in [-0.1, -0.05) is 56.7 Å².